The van der Waals surface area contributed by atoms with E-state index in [1.54, 1.807) is 24.3 Å². The lowest BCUT2D eigenvalue weighted by atomic mass is 10.2. The second kappa shape index (κ2) is 9.58. The van der Waals surface area contributed by atoms with Gasteiger partial charge in [-0.3, -0.25) is 0 Å². The summed E-state index contributed by atoms with van der Waals surface area (Å²) < 4.78 is 7.76. The fourth-order valence-electron chi connectivity index (χ4n) is 3.12. The summed E-state index contributed by atoms with van der Waals surface area (Å²) in [4.78, 5) is 15.8. The van der Waals surface area contributed by atoms with E-state index in [4.69, 9.17) is 16.3 Å². The molecule has 29 heavy (non-hydrogen) atoms. The Morgan fingerprint density at radius 1 is 1.21 bits per heavy atom. The van der Waals surface area contributed by atoms with Crippen LogP contribution in [0, 0.1) is 0 Å². The highest BCUT2D eigenvalue weighted by atomic mass is 35.5. The number of hydrogen-bond donors (Lipinski definition) is 2. The molecule has 0 atom stereocenters. The van der Waals surface area contributed by atoms with Gasteiger partial charge in [0.1, 0.15) is 22.9 Å². The second-order valence-corrected chi connectivity index (χ2v) is 7.02. The van der Waals surface area contributed by atoms with Crippen molar-refractivity contribution in [3.8, 4) is 11.5 Å². The van der Waals surface area contributed by atoms with Crippen LogP contribution < -0.4 is 4.74 Å². The Kier molecular flexibility index (Phi) is 6.90. The van der Waals surface area contributed by atoms with Crippen LogP contribution in [0.15, 0.2) is 48.5 Å². The molecule has 6 nitrogen and oxygen atoms in total. The fraction of sp³-hybridized carbons (Fsp3) is 0.273. The van der Waals surface area contributed by atoms with Crippen LogP contribution in [0.5, 0.6) is 11.5 Å². The minimum absolute atomic E-state index is 0.101. The topological polar surface area (TPSA) is 84.6 Å². The van der Waals surface area contributed by atoms with E-state index in [0.29, 0.717) is 23.1 Å². The van der Waals surface area contributed by atoms with Gasteiger partial charge in [0.05, 0.1) is 12.3 Å². The summed E-state index contributed by atoms with van der Waals surface area (Å²) >= 11 is 6.21. The number of aromatic carboxylic acids is 1. The molecular formula is C22H23ClN2O4. The number of imidazole rings is 1. The van der Waals surface area contributed by atoms with Crippen LogP contribution in [0.3, 0.4) is 0 Å². The highest BCUT2D eigenvalue weighted by molar-refractivity contribution is 6.30. The number of nitrogens with zero attached hydrogens (tertiary/aromatic N) is 2. The third-order valence-electron chi connectivity index (χ3n) is 4.59. The molecule has 0 bridgehead atoms. The number of aliphatic hydroxyl groups excluding tert-OH is 1. The molecule has 2 N–H and O–H groups in total. The monoisotopic (exact) mass is 414 g/mol. The minimum Gasteiger partial charge on any atom is -0.478 e. The molecule has 0 spiro atoms. The van der Waals surface area contributed by atoms with Crippen LogP contribution in [-0.2, 0) is 19.6 Å². The number of carboxylic acid groups (broad SMARTS) is 1. The molecule has 0 fully saturated rings. The van der Waals surface area contributed by atoms with E-state index in [1.807, 2.05) is 22.8 Å². The SMILES string of the molecule is CCCCc1nc(Cl)c(CO)n1Cc1cccc(Oc2ccccc2C(=O)O)c1. The fourth-order valence-corrected chi connectivity index (χ4v) is 3.38. The van der Waals surface area contributed by atoms with Gasteiger partial charge < -0.3 is 19.5 Å². The van der Waals surface area contributed by atoms with Crippen LogP contribution in [-0.4, -0.2) is 25.7 Å². The second-order valence-electron chi connectivity index (χ2n) is 6.66. The largest absolute Gasteiger partial charge is 0.478 e. The number of carboxylic acids is 1. The van der Waals surface area contributed by atoms with Crippen molar-refractivity contribution in [3.05, 3.63) is 76.3 Å². The maximum Gasteiger partial charge on any atom is 0.339 e. The summed E-state index contributed by atoms with van der Waals surface area (Å²) in [6.07, 6.45) is 2.79. The van der Waals surface area contributed by atoms with Crippen molar-refractivity contribution in [2.24, 2.45) is 0 Å². The minimum atomic E-state index is -1.04. The summed E-state index contributed by atoms with van der Waals surface area (Å²) in [6, 6.07) is 13.9. The molecule has 0 saturated carbocycles. The maximum atomic E-state index is 11.4. The highest BCUT2D eigenvalue weighted by Crippen LogP contribution is 2.27. The summed E-state index contributed by atoms with van der Waals surface area (Å²) in [5.41, 5.74) is 1.61. The lowest BCUT2D eigenvalue weighted by molar-refractivity contribution is 0.0694. The van der Waals surface area contributed by atoms with Crippen molar-refractivity contribution in [2.45, 2.75) is 39.3 Å². The van der Waals surface area contributed by atoms with Crippen LogP contribution in [0.25, 0.3) is 0 Å². The van der Waals surface area contributed by atoms with Gasteiger partial charge in [0.2, 0.25) is 0 Å². The van der Waals surface area contributed by atoms with Crippen molar-refractivity contribution >= 4 is 17.6 Å². The number of aliphatic hydroxyl groups is 1. The number of ether oxygens (including phenoxy) is 1. The third-order valence-corrected chi connectivity index (χ3v) is 4.89. The maximum absolute atomic E-state index is 11.4. The molecule has 0 amide bonds. The first-order valence-corrected chi connectivity index (χ1v) is 9.85. The Hall–Kier alpha value is -2.83. The van der Waals surface area contributed by atoms with E-state index in [1.165, 1.54) is 6.07 Å². The molecule has 1 heterocycles. The molecule has 3 aromatic rings. The Balaban J connectivity index is 1.87. The van der Waals surface area contributed by atoms with Gasteiger partial charge >= 0.3 is 5.97 Å². The quantitative estimate of drug-likeness (QED) is 0.519. The normalized spacial score (nSPS) is 10.9. The Morgan fingerprint density at radius 2 is 2.00 bits per heavy atom. The van der Waals surface area contributed by atoms with Gasteiger partial charge in [-0.15, -0.1) is 0 Å². The first-order valence-electron chi connectivity index (χ1n) is 9.47. The first kappa shape index (κ1) is 20.9. The number of aryl methyl sites for hydroxylation is 1. The summed E-state index contributed by atoms with van der Waals surface area (Å²) in [5, 5.41) is 19.4. The standard InChI is InChI=1S/C22H23ClN2O4/c1-2-3-11-20-24-21(23)18(14-26)25(20)13-15-7-6-8-16(12-15)29-19-10-5-4-9-17(19)22(27)28/h4-10,12,26H,2-3,11,13-14H2,1H3,(H,27,28). The Morgan fingerprint density at radius 3 is 2.72 bits per heavy atom. The molecule has 0 aliphatic heterocycles. The van der Waals surface area contributed by atoms with Gasteiger partial charge in [-0.1, -0.05) is 49.2 Å². The Labute approximate surface area is 174 Å². The van der Waals surface area contributed by atoms with Crippen molar-refractivity contribution < 1.29 is 19.7 Å². The summed E-state index contributed by atoms with van der Waals surface area (Å²) in [5.74, 6) is 0.604. The van der Waals surface area contributed by atoms with Crippen molar-refractivity contribution in [2.75, 3.05) is 0 Å². The molecule has 1 aromatic heterocycles. The number of halogens is 1. The lowest BCUT2D eigenvalue weighted by Crippen LogP contribution is -2.09. The number of aromatic nitrogens is 2. The number of benzene rings is 2. The molecule has 2 aromatic carbocycles. The smallest absolute Gasteiger partial charge is 0.339 e. The predicted octanol–water partition coefficient (Wildman–Crippen LogP) is 4.91. The van der Waals surface area contributed by atoms with Crippen LogP contribution in [0.1, 0.15) is 47.2 Å². The molecular weight excluding hydrogens is 392 g/mol. The predicted molar refractivity (Wildman–Crippen MR) is 111 cm³/mol. The third kappa shape index (κ3) is 4.96. The zero-order valence-corrected chi connectivity index (χ0v) is 16.9. The summed E-state index contributed by atoms with van der Waals surface area (Å²) in [6.45, 7) is 2.39. The average molecular weight is 415 g/mol. The number of para-hydroxylation sites is 1. The van der Waals surface area contributed by atoms with E-state index >= 15 is 0 Å². The molecule has 0 unspecified atom stereocenters. The molecule has 7 heteroatoms. The van der Waals surface area contributed by atoms with Crippen molar-refractivity contribution in [3.63, 3.8) is 0 Å². The van der Waals surface area contributed by atoms with Gasteiger partial charge in [-0.25, -0.2) is 9.78 Å². The number of rotatable bonds is 9. The van der Waals surface area contributed by atoms with Gasteiger partial charge in [-0.2, -0.15) is 0 Å². The van der Waals surface area contributed by atoms with Gasteiger partial charge in [0, 0.05) is 13.0 Å². The molecule has 0 aliphatic rings. The lowest BCUT2D eigenvalue weighted by Gasteiger charge is -2.13. The van der Waals surface area contributed by atoms with Crippen LogP contribution >= 0.6 is 11.6 Å². The molecule has 3 rings (SSSR count). The highest BCUT2D eigenvalue weighted by Gasteiger charge is 2.16. The van der Waals surface area contributed by atoms with E-state index < -0.39 is 5.97 Å². The number of carbonyl (C=O) groups is 1. The van der Waals surface area contributed by atoms with Crippen molar-refractivity contribution in [1.29, 1.82) is 0 Å². The molecule has 0 saturated heterocycles. The number of unbranched alkanes of at least 4 members (excludes halogenated alkanes) is 1. The summed E-state index contributed by atoms with van der Waals surface area (Å²) in [7, 11) is 0. The van der Waals surface area contributed by atoms with E-state index in [2.05, 4.69) is 11.9 Å². The Bertz CT molecular complexity index is 1000. The van der Waals surface area contributed by atoms with E-state index in [0.717, 1.165) is 30.7 Å². The molecule has 152 valence electrons. The molecule has 0 radical (unpaired) electrons. The van der Waals surface area contributed by atoms with E-state index in [-0.39, 0.29) is 17.9 Å². The van der Waals surface area contributed by atoms with E-state index in [9.17, 15) is 15.0 Å². The van der Waals surface area contributed by atoms with Crippen molar-refractivity contribution in [1.82, 2.24) is 9.55 Å². The average Bonchev–Trinajstić information content (AvgIpc) is 3.01. The van der Waals surface area contributed by atoms with Gasteiger partial charge in [-0.05, 0) is 36.2 Å². The zero-order valence-electron chi connectivity index (χ0n) is 16.1. The zero-order chi connectivity index (χ0) is 20.8. The van der Waals surface area contributed by atoms with Crippen LogP contribution in [0.4, 0.5) is 0 Å². The van der Waals surface area contributed by atoms with Gasteiger partial charge in [0.25, 0.3) is 0 Å². The number of hydrogen-bond acceptors (Lipinski definition) is 4. The molecule has 0 aliphatic carbocycles. The van der Waals surface area contributed by atoms with Gasteiger partial charge in [0.15, 0.2) is 5.15 Å². The first-order chi connectivity index (χ1) is 14.0. The van der Waals surface area contributed by atoms with Crippen LogP contribution in [0.2, 0.25) is 5.15 Å².